The van der Waals surface area contributed by atoms with Crippen molar-refractivity contribution in [3.05, 3.63) is 53.3 Å². The summed E-state index contributed by atoms with van der Waals surface area (Å²) < 4.78 is 6.68. The summed E-state index contributed by atoms with van der Waals surface area (Å²) in [6, 6.07) is 6.70. The van der Waals surface area contributed by atoms with Crippen LogP contribution in [0.3, 0.4) is 0 Å². The molecule has 0 aromatic heterocycles. The average Bonchev–Trinajstić information content (AvgIpc) is 2.56. The Morgan fingerprint density at radius 3 is 1.88 bits per heavy atom. The van der Waals surface area contributed by atoms with E-state index in [9.17, 15) is 14.7 Å². The number of amides is 1. The highest BCUT2D eigenvalue weighted by molar-refractivity contribution is 9.15. The lowest BCUT2D eigenvalue weighted by Gasteiger charge is -2.15. The van der Waals surface area contributed by atoms with E-state index in [1.54, 1.807) is 31.4 Å². The molecule has 0 bridgehead atoms. The maximum Gasteiger partial charge on any atom is 0.337 e. The van der Waals surface area contributed by atoms with E-state index in [4.69, 9.17) is 4.74 Å². The average molecular weight is 587 g/mol. The lowest BCUT2D eigenvalue weighted by atomic mass is 10.1. The zero-order chi connectivity index (χ0) is 18.0. The van der Waals surface area contributed by atoms with Crippen LogP contribution in [0.2, 0.25) is 0 Å². The number of carboxylic acid groups (broad SMARTS) is 1. The molecule has 0 saturated carbocycles. The topological polar surface area (TPSA) is 75.6 Å². The number of hydrogen-bond acceptors (Lipinski definition) is 3. The summed E-state index contributed by atoms with van der Waals surface area (Å²) in [7, 11) is 1.54. The van der Waals surface area contributed by atoms with E-state index >= 15 is 0 Å². The lowest BCUT2D eigenvalue weighted by molar-refractivity contribution is 0.0691. The number of nitrogens with one attached hydrogen (secondary N) is 1. The molecule has 0 aliphatic carbocycles. The van der Waals surface area contributed by atoms with Gasteiger partial charge in [-0.1, -0.05) is 0 Å². The van der Waals surface area contributed by atoms with E-state index in [1.807, 2.05) is 0 Å². The monoisotopic (exact) mass is 583 g/mol. The van der Waals surface area contributed by atoms with E-state index in [1.165, 1.54) is 0 Å². The maximum absolute atomic E-state index is 12.6. The van der Waals surface area contributed by atoms with E-state index < -0.39 is 11.9 Å². The predicted octanol–water partition coefficient (Wildman–Crippen LogP) is 5.70. The highest BCUT2D eigenvalue weighted by Gasteiger charge is 2.27. The Balaban J connectivity index is 2.50. The lowest BCUT2D eigenvalue weighted by Crippen LogP contribution is -2.18. The first kappa shape index (κ1) is 19.4. The summed E-state index contributed by atoms with van der Waals surface area (Å²) in [5.74, 6) is -1.14. The quantitative estimate of drug-likeness (QED) is 0.356. The van der Waals surface area contributed by atoms with Crippen LogP contribution in [0.4, 0.5) is 5.69 Å². The summed E-state index contributed by atoms with van der Waals surface area (Å²) in [6.07, 6.45) is 0. The van der Waals surface area contributed by atoms with Gasteiger partial charge < -0.3 is 15.2 Å². The summed E-state index contributed by atoms with van der Waals surface area (Å²) in [5, 5.41) is 12.2. The van der Waals surface area contributed by atoms with Crippen LogP contribution in [-0.2, 0) is 0 Å². The second kappa shape index (κ2) is 7.99. The maximum atomic E-state index is 12.6. The number of hydrogen-bond donors (Lipinski definition) is 2. The molecule has 126 valence electrons. The van der Waals surface area contributed by atoms with Gasteiger partial charge in [0.2, 0.25) is 0 Å². The van der Waals surface area contributed by atoms with E-state index in [0.29, 0.717) is 24.9 Å². The van der Waals surface area contributed by atoms with Crippen molar-refractivity contribution >= 4 is 81.3 Å². The van der Waals surface area contributed by atoms with Crippen LogP contribution in [0.1, 0.15) is 20.7 Å². The molecule has 9 heteroatoms. The highest BCUT2D eigenvalue weighted by Crippen LogP contribution is 2.42. The molecule has 2 aromatic rings. The Bertz CT molecular complexity index is 821. The third kappa shape index (κ3) is 3.84. The minimum Gasteiger partial charge on any atom is -0.497 e. The van der Waals surface area contributed by atoms with E-state index in [-0.39, 0.29) is 15.6 Å². The Morgan fingerprint density at radius 1 is 0.917 bits per heavy atom. The fourth-order valence-electron chi connectivity index (χ4n) is 1.91. The van der Waals surface area contributed by atoms with Crippen molar-refractivity contribution in [3.8, 4) is 5.75 Å². The first-order valence-corrected chi connectivity index (χ1v) is 9.49. The van der Waals surface area contributed by atoms with Gasteiger partial charge in [0, 0.05) is 23.6 Å². The number of methoxy groups -OCH3 is 1. The number of halogens is 4. The summed E-state index contributed by atoms with van der Waals surface area (Å²) in [5.41, 5.74) is 0.363. The van der Waals surface area contributed by atoms with Crippen molar-refractivity contribution in [3.63, 3.8) is 0 Å². The van der Waals surface area contributed by atoms with Gasteiger partial charge in [-0.2, -0.15) is 0 Å². The van der Waals surface area contributed by atoms with Crippen molar-refractivity contribution in [2.75, 3.05) is 12.4 Å². The minimum absolute atomic E-state index is 0.000248. The largest absolute Gasteiger partial charge is 0.497 e. The zero-order valence-corrected chi connectivity index (χ0v) is 18.3. The van der Waals surface area contributed by atoms with Crippen molar-refractivity contribution in [1.29, 1.82) is 0 Å². The van der Waals surface area contributed by atoms with Crippen LogP contribution in [-0.4, -0.2) is 24.1 Å². The Kier molecular flexibility index (Phi) is 6.46. The molecule has 0 unspecified atom stereocenters. The van der Waals surface area contributed by atoms with Gasteiger partial charge in [-0.25, -0.2) is 4.79 Å². The van der Waals surface area contributed by atoms with E-state index in [0.717, 1.165) is 0 Å². The number of carbonyl (C=O) groups excluding carboxylic acids is 1. The second-order valence-electron chi connectivity index (χ2n) is 4.49. The smallest absolute Gasteiger partial charge is 0.337 e. The molecule has 0 heterocycles. The second-order valence-corrected chi connectivity index (χ2v) is 7.67. The van der Waals surface area contributed by atoms with Crippen molar-refractivity contribution in [2.24, 2.45) is 0 Å². The molecule has 2 aromatic carbocycles. The number of carbonyl (C=O) groups is 2. The molecular formula is C15H9Br4NO4. The molecule has 0 aliphatic heterocycles. The predicted molar refractivity (Wildman–Crippen MR) is 105 cm³/mol. The van der Waals surface area contributed by atoms with Crippen LogP contribution in [0.5, 0.6) is 5.75 Å². The SMILES string of the molecule is COc1ccc(NC(=O)c2c(Br)c(Br)c(Br)c(Br)c2C(=O)O)cc1. The Morgan fingerprint density at radius 2 is 1.42 bits per heavy atom. The fraction of sp³-hybridized carbons (Fsp3) is 0.0667. The van der Waals surface area contributed by atoms with Crippen LogP contribution in [0.25, 0.3) is 0 Å². The molecule has 0 spiro atoms. The Hall–Kier alpha value is -0.900. The first-order valence-electron chi connectivity index (χ1n) is 6.32. The third-order valence-electron chi connectivity index (χ3n) is 3.06. The van der Waals surface area contributed by atoms with Gasteiger partial charge in [0.1, 0.15) is 5.75 Å². The Labute approximate surface area is 171 Å². The standard InChI is InChI=1S/C15H9Br4NO4/c1-24-7-4-2-6(3-5-7)20-14(21)8-9(15(22)23)11(17)13(19)12(18)10(8)16/h2-5H,1H3,(H,20,21)(H,22,23). The van der Waals surface area contributed by atoms with Crippen molar-refractivity contribution < 1.29 is 19.4 Å². The van der Waals surface area contributed by atoms with Crippen LogP contribution in [0.15, 0.2) is 42.2 Å². The number of ether oxygens (including phenoxy) is 1. The number of rotatable bonds is 4. The summed E-state index contributed by atoms with van der Waals surface area (Å²) >= 11 is 13.1. The summed E-state index contributed by atoms with van der Waals surface area (Å²) in [4.78, 5) is 24.3. The van der Waals surface area contributed by atoms with Crippen LogP contribution in [0, 0.1) is 0 Å². The normalized spacial score (nSPS) is 10.4. The van der Waals surface area contributed by atoms with Crippen LogP contribution >= 0.6 is 63.7 Å². The van der Waals surface area contributed by atoms with Gasteiger partial charge in [0.05, 0.1) is 18.2 Å². The highest BCUT2D eigenvalue weighted by atomic mass is 79.9. The molecule has 5 nitrogen and oxygen atoms in total. The van der Waals surface area contributed by atoms with Gasteiger partial charge >= 0.3 is 5.97 Å². The van der Waals surface area contributed by atoms with Gasteiger partial charge in [-0.3, -0.25) is 4.79 Å². The molecule has 0 atom stereocenters. The molecule has 0 saturated heterocycles. The number of anilines is 1. The summed E-state index contributed by atoms with van der Waals surface area (Å²) in [6.45, 7) is 0. The van der Waals surface area contributed by atoms with Gasteiger partial charge in [0.25, 0.3) is 5.91 Å². The fourth-order valence-corrected chi connectivity index (χ4v) is 4.38. The third-order valence-corrected chi connectivity index (χ3v) is 7.82. The molecule has 2 N–H and O–H groups in total. The van der Waals surface area contributed by atoms with Crippen molar-refractivity contribution in [1.82, 2.24) is 0 Å². The molecule has 24 heavy (non-hydrogen) atoms. The molecule has 2 rings (SSSR count). The van der Waals surface area contributed by atoms with Crippen molar-refractivity contribution in [2.45, 2.75) is 0 Å². The molecule has 1 amide bonds. The van der Waals surface area contributed by atoms with Gasteiger partial charge in [-0.05, 0) is 88.0 Å². The molecule has 0 radical (unpaired) electrons. The zero-order valence-electron chi connectivity index (χ0n) is 12.0. The van der Waals surface area contributed by atoms with Crippen LogP contribution < -0.4 is 10.1 Å². The minimum atomic E-state index is -1.23. The number of aromatic carboxylic acids is 1. The van der Waals surface area contributed by atoms with Gasteiger partial charge in [-0.15, -0.1) is 0 Å². The molecule has 0 aliphatic rings. The number of benzene rings is 2. The first-order chi connectivity index (χ1) is 11.3. The van der Waals surface area contributed by atoms with Gasteiger partial charge in [0.15, 0.2) is 0 Å². The molecular weight excluding hydrogens is 578 g/mol. The van der Waals surface area contributed by atoms with E-state index in [2.05, 4.69) is 69.0 Å². The number of carboxylic acids is 1. The molecule has 0 fully saturated rings.